The van der Waals surface area contributed by atoms with E-state index >= 15 is 0 Å². The van der Waals surface area contributed by atoms with Gasteiger partial charge in [-0.1, -0.05) is 24.3 Å². The van der Waals surface area contributed by atoms with Crippen LogP contribution in [0.2, 0.25) is 0 Å². The Balaban J connectivity index is 1.17. The van der Waals surface area contributed by atoms with Gasteiger partial charge >= 0.3 is 0 Å². The van der Waals surface area contributed by atoms with Crippen molar-refractivity contribution in [2.45, 2.75) is 25.8 Å². The van der Waals surface area contributed by atoms with Crippen LogP contribution in [0.1, 0.15) is 34.7 Å². The Labute approximate surface area is 167 Å². The largest absolute Gasteiger partial charge is 0.451 e. The standard InChI is InChI=1S/C22H22N2O3S/c25-20(23-14-16-5-3-11-28-16)17-13-22(17)7-9-24(10-8-22)21(26)19-12-15-4-1-2-6-18(15)27-19/h1-6,11-12,17H,7-10,13-14H2,(H,23,25)/t17-/m1/s1. The van der Waals surface area contributed by atoms with E-state index in [4.69, 9.17) is 4.42 Å². The van der Waals surface area contributed by atoms with Gasteiger partial charge in [0.05, 0.1) is 6.54 Å². The molecule has 2 aliphatic rings. The van der Waals surface area contributed by atoms with E-state index in [1.165, 1.54) is 4.88 Å². The van der Waals surface area contributed by atoms with Crippen LogP contribution in [0.4, 0.5) is 0 Å². The number of carbonyl (C=O) groups is 2. The summed E-state index contributed by atoms with van der Waals surface area (Å²) >= 11 is 1.66. The van der Waals surface area contributed by atoms with Gasteiger partial charge in [-0.05, 0) is 48.3 Å². The fourth-order valence-corrected chi connectivity index (χ4v) is 5.02. The molecule has 1 N–H and O–H groups in total. The number of likely N-dealkylation sites (tertiary alicyclic amines) is 1. The zero-order valence-electron chi connectivity index (χ0n) is 15.5. The summed E-state index contributed by atoms with van der Waals surface area (Å²) in [7, 11) is 0. The van der Waals surface area contributed by atoms with E-state index in [1.54, 1.807) is 11.3 Å². The summed E-state index contributed by atoms with van der Waals surface area (Å²) in [6.07, 6.45) is 2.71. The smallest absolute Gasteiger partial charge is 0.289 e. The molecule has 2 aromatic heterocycles. The maximum Gasteiger partial charge on any atom is 0.289 e. The Morgan fingerprint density at radius 1 is 1.18 bits per heavy atom. The van der Waals surface area contributed by atoms with Gasteiger partial charge in [-0.3, -0.25) is 9.59 Å². The average molecular weight is 394 g/mol. The van der Waals surface area contributed by atoms with Gasteiger partial charge in [0, 0.05) is 29.3 Å². The molecule has 5 rings (SSSR count). The van der Waals surface area contributed by atoms with E-state index in [-0.39, 0.29) is 23.1 Å². The van der Waals surface area contributed by atoms with E-state index in [0.29, 0.717) is 25.4 Å². The maximum absolute atomic E-state index is 12.8. The average Bonchev–Trinajstić information content (AvgIpc) is 3.09. The van der Waals surface area contributed by atoms with Crippen LogP contribution in [0.15, 0.2) is 52.3 Å². The molecule has 144 valence electrons. The maximum atomic E-state index is 12.8. The summed E-state index contributed by atoms with van der Waals surface area (Å²) in [5, 5.41) is 6.04. The molecule has 0 radical (unpaired) electrons. The summed E-state index contributed by atoms with van der Waals surface area (Å²) in [6.45, 7) is 1.98. The lowest BCUT2D eigenvalue weighted by molar-refractivity contribution is -0.123. The number of hydrogen-bond acceptors (Lipinski definition) is 4. The zero-order valence-corrected chi connectivity index (χ0v) is 16.3. The van der Waals surface area contributed by atoms with Crippen molar-refractivity contribution in [3.05, 3.63) is 58.5 Å². The van der Waals surface area contributed by atoms with E-state index < -0.39 is 0 Å². The third kappa shape index (κ3) is 3.11. The monoisotopic (exact) mass is 394 g/mol. The minimum Gasteiger partial charge on any atom is -0.451 e. The first-order valence-electron chi connectivity index (χ1n) is 9.73. The van der Waals surface area contributed by atoms with Gasteiger partial charge in [-0.25, -0.2) is 0 Å². The van der Waals surface area contributed by atoms with Crippen molar-refractivity contribution < 1.29 is 14.0 Å². The number of amides is 2. The normalized spacial score (nSPS) is 20.4. The van der Waals surface area contributed by atoms with Crippen LogP contribution < -0.4 is 5.32 Å². The van der Waals surface area contributed by atoms with Crippen molar-refractivity contribution in [3.8, 4) is 0 Å². The number of nitrogens with one attached hydrogen (secondary N) is 1. The lowest BCUT2D eigenvalue weighted by atomic mass is 9.90. The van der Waals surface area contributed by atoms with E-state index in [0.717, 1.165) is 30.2 Å². The second kappa shape index (κ2) is 6.78. The molecular formula is C22H22N2O3S. The molecule has 0 bridgehead atoms. The number of piperidine rings is 1. The number of furan rings is 1. The zero-order chi connectivity index (χ0) is 19.1. The predicted octanol–water partition coefficient (Wildman–Crippen LogP) is 4.05. The molecule has 3 heterocycles. The Morgan fingerprint density at radius 3 is 2.75 bits per heavy atom. The van der Waals surface area contributed by atoms with Gasteiger partial charge in [0.25, 0.3) is 5.91 Å². The van der Waals surface area contributed by atoms with Crippen molar-refractivity contribution in [2.24, 2.45) is 11.3 Å². The summed E-state index contributed by atoms with van der Waals surface area (Å²) < 4.78 is 5.72. The molecule has 3 aromatic rings. The van der Waals surface area contributed by atoms with Gasteiger partial charge in [0.15, 0.2) is 5.76 Å². The lowest BCUT2D eigenvalue weighted by Gasteiger charge is -2.32. The van der Waals surface area contributed by atoms with Gasteiger partial charge in [-0.2, -0.15) is 0 Å². The van der Waals surface area contributed by atoms with Crippen molar-refractivity contribution in [3.63, 3.8) is 0 Å². The van der Waals surface area contributed by atoms with Crippen molar-refractivity contribution in [2.75, 3.05) is 13.1 Å². The second-order valence-corrected chi connectivity index (χ2v) is 8.89. The van der Waals surface area contributed by atoms with Crippen LogP contribution in [-0.4, -0.2) is 29.8 Å². The number of fused-ring (bicyclic) bond motifs is 1. The molecule has 1 aliphatic heterocycles. The summed E-state index contributed by atoms with van der Waals surface area (Å²) in [5.74, 6) is 0.602. The first-order chi connectivity index (χ1) is 13.6. The highest BCUT2D eigenvalue weighted by Gasteiger charge is 2.58. The molecule has 2 amide bonds. The molecule has 1 aliphatic carbocycles. The highest BCUT2D eigenvalue weighted by atomic mass is 32.1. The van der Waals surface area contributed by atoms with Crippen molar-refractivity contribution in [1.82, 2.24) is 10.2 Å². The van der Waals surface area contributed by atoms with Crippen LogP contribution >= 0.6 is 11.3 Å². The Kier molecular flexibility index (Phi) is 4.23. The van der Waals surface area contributed by atoms with E-state index in [9.17, 15) is 9.59 Å². The second-order valence-electron chi connectivity index (χ2n) is 7.86. The molecule has 1 atom stereocenters. The molecule has 28 heavy (non-hydrogen) atoms. The Bertz CT molecular complexity index is 983. The minimum absolute atomic E-state index is 0.0506. The molecule has 6 heteroatoms. The number of thiophene rings is 1. The number of carbonyl (C=O) groups excluding carboxylic acids is 2. The Morgan fingerprint density at radius 2 is 2.00 bits per heavy atom. The number of nitrogens with zero attached hydrogens (tertiary/aromatic N) is 1. The minimum atomic E-state index is -0.0506. The third-order valence-electron chi connectivity index (χ3n) is 6.21. The predicted molar refractivity (Wildman–Crippen MR) is 108 cm³/mol. The quantitative estimate of drug-likeness (QED) is 0.726. The van der Waals surface area contributed by atoms with Gasteiger partial charge in [0.1, 0.15) is 5.58 Å². The van der Waals surface area contributed by atoms with Gasteiger partial charge < -0.3 is 14.6 Å². The van der Waals surface area contributed by atoms with Crippen LogP contribution in [0, 0.1) is 11.3 Å². The van der Waals surface area contributed by atoms with Crippen molar-refractivity contribution in [1.29, 1.82) is 0 Å². The molecule has 5 nitrogen and oxygen atoms in total. The van der Waals surface area contributed by atoms with Crippen molar-refractivity contribution >= 4 is 34.1 Å². The van der Waals surface area contributed by atoms with Crippen LogP contribution in [-0.2, 0) is 11.3 Å². The lowest BCUT2D eigenvalue weighted by Crippen LogP contribution is -2.40. The Hall–Kier alpha value is -2.60. The summed E-state index contributed by atoms with van der Waals surface area (Å²) in [4.78, 5) is 28.4. The highest BCUT2D eigenvalue weighted by Crippen LogP contribution is 2.59. The fraction of sp³-hybridized carbons (Fsp3) is 0.364. The SMILES string of the molecule is O=C(NCc1cccs1)[C@H]1CC12CCN(C(=O)c1cc3ccccc3o1)CC2. The van der Waals surface area contributed by atoms with Crippen LogP contribution in [0.25, 0.3) is 11.0 Å². The first kappa shape index (κ1) is 17.5. The van der Waals surface area contributed by atoms with Crippen LogP contribution in [0.5, 0.6) is 0 Å². The molecule has 1 saturated heterocycles. The molecular weight excluding hydrogens is 372 g/mol. The third-order valence-corrected chi connectivity index (χ3v) is 7.08. The van der Waals surface area contributed by atoms with Crippen LogP contribution in [0.3, 0.4) is 0 Å². The number of benzene rings is 1. The highest BCUT2D eigenvalue weighted by molar-refractivity contribution is 7.09. The van der Waals surface area contributed by atoms with Gasteiger partial charge in [0.2, 0.25) is 5.91 Å². The molecule has 1 saturated carbocycles. The number of hydrogen-bond donors (Lipinski definition) is 1. The fourth-order valence-electron chi connectivity index (χ4n) is 4.38. The van der Waals surface area contributed by atoms with Gasteiger partial charge in [-0.15, -0.1) is 11.3 Å². The number of rotatable bonds is 4. The first-order valence-corrected chi connectivity index (χ1v) is 10.6. The summed E-state index contributed by atoms with van der Waals surface area (Å²) in [6, 6.07) is 13.5. The van der Waals surface area contributed by atoms with E-state index in [1.807, 2.05) is 52.7 Å². The topological polar surface area (TPSA) is 62.6 Å². The summed E-state index contributed by atoms with van der Waals surface area (Å²) in [5.41, 5.74) is 0.827. The molecule has 1 aromatic carbocycles. The number of para-hydroxylation sites is 1. The molecule has 2 fully saturated rings. The van der Waals surface area contributed by atoms with E-state index in [2.05, 4.69) is 5.32 Å². The molecule has 0 unspecified atom stereocenters. The molecule has 1 spiro atoms.